The molecule has 2 aromatic heterocycles. The molecular formula is C12H16N4O2. The summed E-state index contributed by atoms with van der Waals surface area (Å²) < 4.78 is 5.24. The maximum Gasteiger partial charge on any atom is 0.244 e. The standard InChI is InChI=1S/C12H16N4O2/c1-9(16(2)6-7-17)12-14-11(15-18-12)10-4-3-5-13-8-10/h3-5,8-9,17H,6-7H2,1-2H3. The van der Waals surface area contributed by atoms with Gasteiger partial charge < -0.3 is 9.63 Å². The van der Waals surface area contributed by atoms with Gasteiger partial charge in [0, 0.05) is 24.5 Å². The van der Waals surface area contributed by atoms with Crippen LogP contribution in [0.4, 0.5) is 0 Å². The monoisotopic (exact) mass is 248 g/mol. The molecule has 2 aromatic rings. The number of pyridine rings is 1. The Hall–Kier alpha value is -1.79. The first-order chi connectivity index (χ1) is 8.72. The summed E-state index contributed by atoms with van der Waals surface area (Å²) in [6.45, 7) is 2.62. The molecule has 2 rings (SSSR count). The maximum absolute atomic E-state index is 8.90. The van der Waals surface area contributed by atoms with Gasteiger partial charge >= 0.3 is 0 Å². The molecule has 0 radical (unpaired) electrons. The van der Waals surface area contributed by atoms with E-state index in [2.05, 4.69) is 15.1 Å². The Balaban J connectivity index is 2.15. The molecule has 2 heterocycles. The van der Waals surface area contributed by atoms with Crippen molar-refractivity contribution in [3.63, 3.8) is 0 Å². The number of aromatic nitrogens is 3. The van der Waals surface area contributed by atoms with Gasteiger partial charge in [-0.1, -0.05) is 5.16 Å². The molecule has 0 amide bonds. The fourth-order valence-corrected chi connectivity index (χ4v) is 1.56. The van der Waals surface area contributed by atoms with Gasteiger partial charge in [0.2, 0.25) is 11.7 Å². The third-order valence-corrected chi connectivity index (χ3v) is 2.83. The van der Waals surface area contributed by atoms with Crippen LogP contribution in [0.25, 0.3) is 11.4 Å². The third-order valence-electron chi connectivity index (χ3n) is 2.83. The van der Waals surface area contributed by atoms with Crippen LogP contribution in [0.5, 0.6) is 0 Å². The summed E-state index contributed by atoms with van der Waals surface area (Å²) in [7, 11) is 1.90. The second kappa shape index (κ2) is 5.70. The molecule has 0 spiro atoms. The van der Waals surface area contributed by atoms with E-state index in [0.717, 1.165) is 5.56 Å². The fraction of sp³-hybridized carbons (Fsp3) is 0.417. The molecule has 0 aliphatic rings. The molecule has 18 heavy (non-hydrogen) atoms. The van der Waals surface area contributed by atoms with Gasteiger partial charge in [-0.15, -0.1) is 0 Å². The third kappa shape index (κ3) is 2.72. The summed E-state index contributed by atoms with van der Waals surface area (Å²) in [6, 6.07) is 3.67. The average molecular weight is 248 g/mol. The van der Waals surface area contributed by atoms with Crippen LogP contribution in [0.2, 0.25) is 0 Å². The molecule has 0 fully saturated rings. The highest BCUT2D eigenvalue weighted by Crippen LogP contribution is 2.20. The number of nitrogens with zero attached hydrogens (tertiary/aromatic N) is 4. The number of hydrogen-bond acceptors (Lipinski definition) is 6. The number of likely N-dealkylation sites (N-methyl/N-ethyl adjacent to an activating group) is 1. The van der Waals surface area contributed by atoms with Crippen LogP contribution >= 0.6 is 0 Å². The zero-order chi connectivity index (χ0) is 13.0. The molecule has 0 aliphatic carbocycles. The molecule has 0 bridgehead atoms. The van der Waals surface area contributed by atoms with Crippen LogP contribution < -0.4 is 0 Å². The Kier molecular flexibility index (Phi) is 4.01. The minimum Gasteiger partial charge on any atom is -0.395 e. The highest BCUT2D eigenvalue weighted by atomic mass is 16.5. The zero-order valence-corrected chi connectivity index (χ0v) is 10.4. The van der Waals surface area contributed by atoms with Gasteiger partial charge in [0.1, 0.15) is 0 Å². The Labute approximate surface area is 105 Å². The van der Waals surface area contributed by atoms with E-state index in [1.54, 1.807) is 12.4 Å². The van der Waals surface area contributed by atoms with Crippen molar-refractivity contribution in [2.45, 2.75) is 13.0 Å². The van der Waals surface area contributed by atoms with Crippen molar-refractivity contribution >= 4 is 0 Å². The van der Waals surface area contributed by atoms with Crippen LogP contribution in [0.1, 0.15) is 18.9 Å². The topological polar surface area (TPSA) is 75.3 Å². The first kappa shape index (κ1) is 12.7. The Morgan fingerprint density at radius 3 is 3.00 bits per heavy atom. The van der Waals surface area contributed by atoms with E-state index < -0.39 is 0 Å². The molecule has 1 N–H and O–H groups in total. The van der Waals surface area contributed by atoms with Crippen LogP contribution in [0, 0.1) is 0 Å². The Morgan fingerprint density at radius 2 is 2.33 bits per heavy atom. The minimum absolute atomic E-state index is 0.0323. The summed E-state index contributed by atoms with van der Waals surface area (Å²) in [5, 5.41) is 12.8. The first-order valence-corrected chi connectivity index (χ1v) is 5.77. The highest BCUT2D eigenvalue weighted by molar-refractivity contribution is 5.51. The van der Waals surface area contributed by atoms with E-state index in [9.17, 15) is 0 Å². The number of hydrogen-bond donors (Lipinski definition) is 1. The van der Waals surface area contributed by atoms with Gasteiger partial charge in [0.15, 0.2) is 0 Å². The summed E-state index contributed by atoms with van der Waals surface area (Å²) >= 11 is 0. The molecule has 1 unspecified atom stereocenters. The number of aliphatic hydroxyl groups excluding tert-OH is 1. The van der Waals surface area contributed by atoms with Crippen molar-refractivity contribution in [2.24, 2.45) is 0 Å². The van der Waals surface area contributed by atoms with Crippen LogP contribution in [0.15, 0.2) is 29.0 Å². The Morgan fingerprint density at radius 1 is 1.50 bits per heavy atom. The van der Waals surface area contributed by atoms with E-state index >= 15 is 0 Å². The lowest BCUT2D eigenvalue weighted by molar-refractivity contribution is 0.165. The molecule has 96 valence electrons. The Bertz CT molecular complexity index is 486. The van der Waals surface area contributed by atoms with E-state index in [0.29, 0.717) is 18.3 Å². The van der Waals surface area contributed by atoms with Crippen molar-refractivity contribution < 1.29 is 9.63 Å². The lowest BCUT2D eigenvalue weighted by Crippen LogP contribution is -2.25. The highest BCUT2D eigenvalue weighted by Gasteiger charge is 2.18. The second-order valence-corrected chi connectivity index (χ2v) is 4.08. The van der Waals surface area contributed by atoms with E-state index in [1.807, 2.05) is 31.0 Å². The van der Waals surface area contributed by atoms with Crippen molar-refractivity contribution in [3.05, 3.63) is 30.4 Å². The minimum atomic E-state index is -0.0323. The van der Waals surface area contributed by atoms with Crippen LogP contribution in [-0.4, -0.2) is 45.3 Å². The summed E-state index contributed by atoms with van der Waals surface area (Å²) in [5.74, 6) is 1.06. The first-order valence-electron chi connectivity index (χ1n) is 5.77. The van der Waals surface area contributed by atoms with E-state index in [4.69, 9.17) is 9.63 Å². The summed E-state index contributed by atoms with van der Waals surface area (Å²) in [6.07, 6.45) is 3.39. The lowest BCUT2D eigenvalue weighted by atomic mass is 10.2. The van der Waals surface area contributed by atoms with Gasteiger partial charge in [-0.05, 0) is 26.1 Å². The molecule has 0 aliphatic heterocycles. The number of aliphatic hydroxyl groups is 1. The van der Waals surface area contributed by atoms with Crippen molar-refractivity contribution in [1.82, 2.24) is 20.0 Å². The van der Waals surface area contributed by atoms with Gasteiger partial charge in [-0.3, -0.25) is 9.88 Å². The molecular weight excluding hydrogens is 232 g/mol. The SMILES string of the molecule is CC(c1nc(-c2cccnc2)no1)N(C)CCO. The fourth-order valence-electron chi connectivity index (χ4n) is 1.56. The van der Waals surface area contributed by atoms with E-state index in [-0.39, 0.29) is 12.6 Å². The normalized spacial score (nSPS) is 12.9. The molecule has 0 saturated carbocycles. The second-order valence-electron chi connectivity index (χ2n) is 4.08. The summed E-state index contributed by atoms with van der Waals surface area (Å²) in [5.41, 5.74) is 0.824. The molecule has 0 aromatic carbocycles. The van der Waals surface area contributed by atoms with Crippen LogP contribution in [0.3, 0.4) is 0 Å². The van der Waals surface area contributed by atoms with Gasteiger partial charge in [-0.25, -0.2) is 0 Å². The predicted octanol–water partition coefficient (Wildman–Crippen LogP) is 1.12. The van der Waals surface area contributed by atoms with Crippen molar-refractivity contribution in [2.75, 3.05) is 20.2 Å². The van der Waals surface area contributed by atoms with Gasteiger partial charge in [0.05, 0.1) is 12.6 Å². The lowest BCUT2D eigenvalue weighted by Gasteiger charge is -2.19. The van der Waals surface area contributed by atoms with Crippen molar-refractivity contribution in [1.29, 1.82) is 0 Å². The molecule has 6 heteroatoms. The smallest absolute Gasteiger partial charge is 0.244 e. The average Bonchev–Trinajstić information content (AvgIpc) is 2.89. The maximum atomic E-state index is 8.90. The van der Waals surface area contributed by atoms with Crippen LogP contribution in [-0.2, 0) is 0 Å². The summed E-state index contributed by atoms with van der Waals surface area (Å²) in [4.78, 5) is 10.3. The molecule has 0 saturated heterocycles. The van der Waals surface area contributed by atoms with Gasteiger partial charge in [0.25, 0.3) is 0 Å². The molecule has 6 nitrogen and oxygen atoms in total. The quantitative estimate of drug-likeness (QED) is 0.854. The number of rotatable bonds is 5. The van der Waals surface area contributed by atoms with Crippen molar-refractivity contribution in [3.8, 4) is 11.4 Å². The van der Waals surface area contributed by atoms with E-state index in [1.165, 1.54) is 0 Å². The molecule has 1 atom stereocenters. The zero-order valence-electron chi connectivity index (χ0n) is 10.4. The predicted molar refractivity (Wildman–Crippen MR) is 65.7 cm³/mol. The largest absolute Gasteiger partial charge is 0.395 e. The van der Waals surface area contributed by atoms with Gasteiger partial charge in [-0.2, -0.15) is 4.98 Å².